The van der Waals surface area contributed by atoms with Gasteiger partial charge in [0.25, 0.3) is 0 Å². The molecule has 0 aliphatic carbocycles. The number of benzene rings is 4. The van der Waals surface area contributed by atoms with Crippen molar-refractivity contribution in [2.75, 3.05) is 0 Å². The van der Waals surface area contributed by atoms with Gasteiger partial charge in [-0.1, -0.05) is 36.4 Å². The minimum Gasteiger partial charge on any atom is -0.507 e. The van der Waals surface area contributed by atoms with Crippen molar-refractivity contribution in [1.29, 1.82) is 0 Å². The van der Waals surface area contributed by atoms with Gasteiger partial charge in [-0.05, 0) is 66.1 Å². The molecule has 6 aromatic rings. The van der Waals surface area contributed by atoms with Gasteiger partial charge in [-0.2, -0.15) is 0 Å². The van der Waals surface area contributed by atoms with E-state index in [1.807, 2.05) is 36.4 Å². The Morgan fingerprint density at radius 2 is 1.03 bits per heavy atom. The van der Waals surface area contributed by atoms with Crippen LogP contribution in [0.5, 0.6) is 11.5 Å². The zero-order chi connectivity index (χ0) is 22.4. The van der Waals surface area contributed by atoms with Gasteiger partial charge in [0.15, 0.2) is 0 Å². The van der Waals surface area contributed by atoms with E-state index in [0.717, 1.165) is 48.0 Å². The molecule has 2 N–H and O–H groups in total. The highest BCUT2D eigenvalue weighted by Gasteiger charge is 2.12. The van der Waals surface area contributed by atoms with Gasteiger partial charge in [0.2, 0.25) is 0 Å². The first-order valence-electron chi connectivity index (χ1n) is 10.5. The lowest BCUT2D eigenvalue weighted by Crippen LogP contribution is -1.88. The van der Waals surface area contributed by atoms with E-state index in [9.17, 15) is 10.2 Å². The normalized spacial score (nSPS) is 11.4. The summed E-state index contributed by atoms with van der Waals surface area (Å²) >= 11 is 3.17. The first-order chi connectivity index (χ1) is 16.1. The zero-order valence-corrected chi connectivity index (χ0v) is 19.0. The Balaban J connectivity index is 1.31. The number of para-hydroxylation sites is 2. The summed E-state index contributed by atoms with van der Waals surface area (Å²) < 4.78 is 2.19. The largest absolute Gasteiger partial charge is 0.507 e. The molecule has 0 aliphatic heterocycles. The highest BCUT2D eigenvalue weighted by atomic mass is 32.1. The second-order valence-electron chi connectivity index (χ2n) is 7.85. The van der Waals surface area contributed by atoms with Crippen molar-refractivity contribution < 1.29 is 10.2 Å². The van der Waals surface area contributed by atoms with Gasteiger partial charge in [-0.25, -0.2) is 9.97 Å². The van der Waals surface area contributed by atoms with Crippen molar-refractivity contribution in [3.63, 3.8) is 0 Å². The van der Waals surface area contributed by atoms with Gasteiger partial charge in [0, 0.05) is 0 Å². The third-order valence-corrected chi connectivity index (χ3v) is 7.72. The van der Waals surface area contributed by atoms with Crippen molar-refractivity contribution in [2.45, 2.75) is 6.42 Å². The molecule has 2 aromatic heterocycles. The first kappa shape index (κ1) is 19.9. The standard InChI is InChI=1S/C27H18N2O2S2/c30-22-7-3-1-5-18(22)26-28-20-14-16(9-11-24(20)32-26)13-17-10-12-25-21(15-17)29-27(33-25)19-6-2-4-8-23(19)31/h1-12,14-15,30-31H,13H2. The number of thiazole rings is 2. The van der Waals surface area contributed by atoms with Crippen molar-refractivity contribution in [3.05, 3.63) is 96.1 Å². The van der Waals surface area contributed by atoms with Gasteiger partial charge in [0.1, 0.15) is 21.5 Å². The molecule has 0 aliphatic rings. The summed E-state index contributed by atoms with van der Waals surface area (Å²) in [5, 5.41) is 22.0. The zero-order valence-electron chi connectivity index (χ0n) is 17.4. The summed E-state index contributed by atoms with van der Waals surface area (Å²) in [7, 11) is 0. The Kier molecular flexibility index (Phi) is 4.82. The highest BCUT2D eigenvalue weighted by molar-refractivity contribution is 7.22. The van der Waals surface area contributed by atoms with Crippen LogP contribution < -0.4 is 0 Å². The topological polar surface area (TPSA) is 66.2 Å². The second-order valence-corrected chi connectivity index (χ2v) is 9.91. The average molecular weight is 467 g/mol. The summed E-state index contributed by atoms with van der Waals surface area (Å²) in [5.74, 6) is 0.494. The summed E-state index contributed by atoms with van der Waals surface area (Å²) in [4.78, 5) is 9.53. The Morgan fingerprint density at radius 3 is 1.48 bits per heavy atom. The third kappa shape index (κ3) is 3.73. The summed E-state index contributed by atoms with van der Waals surface area (Å²) in [5.41, 5.74) is 5.74. The minimum absolute atomic E-state index is 0.247. The molecule has 4 nitrogen and oxygen atoms in total. The van der Waals surface area contributed by atoms with Crippen molar-refractivity contribution >= 4 is 43.1 Å². The lowest BCUT2D eigenvalue weighted by Gasteiger charge is -2.02. The number of nitrogens with zero attached hydrogens (tertiary/aromatic N) is 2. The molecule has 4 aromatic carbocycles. The van der Waals surface area contributed by atoms with E-state index in [-0.39, 0.29) is 11.5 Å². The smallest absolute Gasteiger partial charge is 0.128 e. The maximum atomic E-state index is 10.2. The first-order valence-corrected chi connectivity index (χ1v) is 12.1. The molecule has 6 rings (SSSR count). The van der Waals surface area contributed by atoms with Crippen molar-refractivity contribution in [3.8, 4) is 32.6 Å². The molecule has 2 heterocycles. The molecular weight excluding hydrogens is 448 g/mol. The maximum absolute atomic E-state index is 10.2. The molecule has 160 valence electrons. The van der Waals surface area contributed by atoms with Crippen LogP contribution in [0.4, 0.5) is 0 Å². The van der Waals surface area contributed by atoms with Gasteiger partial charge in [-0.15, -0.1) is 22.7 Å². The molecule has 0 saturated heterocycles. The van der Waals surface area contributed by atoms with Crippen LogP contribution in [-0.2, 0) is 6.42 Å². The Bertz CT molecular complexity index is 1510. The molecule has 0 atom stereocenters. The number of hydrogen-bond donors (Lipinski definition) is 2. The molecule has 0 fully saturated rings. The number of phenolic OH excluding ortho intramolecular Hbond substituents is 2. The number of phenols is 2. The van der Waals surface area contributed by atoms with E-state index in [0.29, 0.717) is 0 Å². The van der Waals surface area contributed by atoms with Crippen molar-refractivity contribution in [2.24, 2.45) is 0 Å². The fraction of sp³-hybridized carbons (Fsp3) is 0.0370. The molecular formula is C27H18N2O2S2. The predicted molar refractivity (Wildman–Crippen MR) is 136 cm³/mol. The van der Waals surface area contributed by atoms with Crippen LogP contribution in [0.1, 0.15) is 11.1 Å². The lowest BCUT2D eigenvalue weighted by atomic mass is 10.0. The van der Waals surface area contributed by atoms with Crippen LogP contribution in [-0.4, -0.2) is 20.2 Å². The molecule has 0 unspecified atom stereocenters. The number of aromatic nitrogens is 2. The molecule has 0 radical (unpaired) electrons. The molecule has 0 saturated carbocycles. The number of rotatable bonds is 4. The molecule has 0 amide bonds. The van der Waals surface area contributed by atoms with E-state index < -0.39 is 0 Å². The molecule has 6 heteroatoms. The van der Waals surface area contributed by atoms with Crippen LogP contribution in [0.25, 0.3) is 41.6 Å². The predicted octanol–water partition coefficient (Wildman–Crippen LogP) is 7.24. The van der Waals surface area contributed by atoms with Gasteiger partial charge < -0.3 is 10.2 Å². The van der Waals surface area contributed by atoms with Crippen LogP contribution >= 0.6 is 22.7 Å². The van der Waals surface area contributed by atoms with Crippen molar-refractivity contribution in [1.82, 2.24) is 9.97 Å². The average Bonchev–Trinajstić information content (AvgIpc) is 3.43. The van der Waals surface area contributed by atoms with Crippen LogP contribution in [0, 0.1) is 0 Å². The fourth-order valence-corrected chi connectivity index (χ4v) is 5.90. The summed E-state index contributed by atoms with van der Waals surface area (Å²) in [6.07, 6.45) is 0.777. The lowest BCUT2D eigenvalue weighted by molar-refractivity contribution is 0.477. The summed E-state index contributed by atoms with van der Waals surface area (Å²) in [6.45, 7) is 0. The number of hydrogen-bond acceptors (Lipinski definition) is 6. The second kappa shape index (κ2) is 7.99. The number of fused-ring (bicyclic) bond motifs is 2. The quantitative estimate of drug-likeness (QED) is 0.287. The van der Waals surface area contributed by atoms with Crippen LogP contribution in [0.15, 0.2) is 84.9 Å². The third-order valence-electron chi connectivity index (χ3n) is 5.58. The monoisotopic (exact) mass is 466 g/mol. The van der Waals surface area contributed by atoms with Gasteiger partial charge in [-0.3, -0.25) is 0 Å². The van der Waals surface area contributed by atoms with E-state index in [1.165, 1.54) is 11.1 Å². The van der Waals surface area contributed by atoms with Crippen LogP contribution in [0.3, 0.4) is 0 Å². The SMILES string of the molecule is Oc1ccccc1-c1nc2cc(Cc3ccc4sc(-c5ccccc5O)nc4c3)ccc2s1. The molecule has 0 bridgehead atoms. The Morgan fingerprint density at radius 1 is 0.576 bits per heavy atom. The number of aromatic hydroxyl groups is 2. The fourth-order valence-electron chi connectivity index (χ4n) is 3.94. The minimum atomic E-state index is 0.247. The molecule has 33 heavy (non-hydrogen) atoms. The maximum Gasteiger partial charge on any atom is 0.128 e. The van der Waals surface area contributed by atoms with Gasteiger partial charge in [0.05, 0.1) is 31.6 Å². The highest BCUT2D eigenvalue weighted by Crippen LogP contribution is 2.37. The van der Waals surface area contributed by atoms with Gasteiger partial charge >= 0.3 is 0 Å². The molecule has 0 spiro atoms. The Hall–Kier alpha value is -3.74. The van der Waals surface area contributed by atoms with E-state index in [2.05, 4.69) is 36.4 Å². The summed E-state index contributed by atoms with van der Waals surface area (Å²) in [6, 6.07) is 27.3. The van der Waals surface area contributed by atoms with E-state index in [4.69, 9.17) is 9.97 Å². The van der Waals surface area contributed by atoms with E-state index in [1.54, 1.807) is 34.8 Å². The van der Waals surface area contributed by atoms with E-state index >= 15 is 0 Å². The Labute approximate surface area is 198 Å². The van der Waals surface area contributed by atoms with Crippen LogP contribution in [0.2, 0.25) is 0 Å².